The molecule has 142 valence electrons. The fourth-order valence-corrected chi connectivity index (χ4v) is 3.63. The summed E-state index contributed by atoms with van der Waals surface area (Å²) in [5.41, 5.74) is 2.93. The highest BCUT2D eigenvalue weighted by Gasteiger charge is 2.21. The number of amides is 1. The van der Waals surface area contributed by atoms with Crippen molar-refractivity contribution in [2.75, 3.05) is 19.9 Å². The first-order valence-corrected chi connectivity index (χ1v) is 9.66. The summed E-state index contributed by atoms with van der Waals surface area (Å²) in [5, 5.41) is 2.97. The summed E-state index contributed by atoms with van der Waals surface area (Å²) in [6, 6.07) is 13.9. The average Bonchev–Trinajstić information content (AvgIpc) is 3.18. The lowest BCUT2D eigenvalue weighted by Crippen LogP contribution is -2.32. The van der Waals surface area contributed by atoms with E-state index in [4.69, 9.17) is 9.47 Å². The van der Waals surface area contributed by atoms with Gasteiger partial charge in [-0.15, -0.1) is 0 Å². The SMILES string of the molecule is CC1CCN(Cc2ccc(CNC(=O)c3cccc4c3OCO4)cc2)CC1. The van der Waals surface area contributed by atoms with E-state index < -0.39 is 0 Å². The number of benzene rings is 2. The Morgan fingerprint density at radius 3 is 2.59 bits per heavy atom. The highest BCUT2D eigenvalue weighted by Crippen LogP contribution is 2.35. The Hall–Kier alpha value is -2.53. The van der Waals surface area contributed by atoms with E-state index in [1.807, 2.05) is 0 Å². The molecule has 1 N–H and O–H groups in total. The van der Waals surface area contributed by atoms with Crippen LogP contribution in [-0.2, 0) is 13.1 Å². The third kappa shape index (κ3) is 4.25. The minimum atomic E-state index is -0.149. The zero-order chi connectivity index (χ0) is 18.6. The zero-order valence-electron chi connectivity index (χ0n) is 15.7. The third-order valence-electron chi connectivity index (χ3n) is 5.40. The van der Waals surface area contributed by atoms with Gasteiger partial charge < -0.3 is 14.8 Å². The van der Waals surface area contributed by atoms with Crippen molar-refractivity contribution in [3.63, 3.8) is 0 Å². The largest absolute Gasteiger partial charge is 0.454 e. The number of para-hydroxylation sites is 1. The van der Waals surface area contributed by atoms with Crippen molar-refractivity contribution in [1.29, 1.82) is 0 Å². The van der Waals surface area contributed by atoms with Gasteiger partial charge in [0.2, 0.25) is 6.79 Å². The van der Waals surface area contributed by atoms with Crippen molar-refractivity contribution in [1.82, 2.24) is 10.2 Å². The van der Waals surface area contributed by atoms with Crippen LogP contribution in [0.4, 0.5) is 0 Å². The van der Waals surface area contributed by atoms with Crippen molar-refractivity contribution < 1.29 is 14.3 Å². The Morgan fingerprint density at radius 1 is 1.07 bits per heavy atom. The van der Waals surface area contributed by atoms with Crippen molar-refractivity contribution in [2.24, 2.45) is 5.92 Å². The molecule has 1 fully saturated rings. The van der Waals surface area contributed by atoms with Gasteiger partial charge in [0.1, 0.15) is 0 Å². The maximum atomic E-state index is 12.5. The van der Waals surface area contributed by atoms with E-state index in [0.29, 0.717) is 23.6 Å². The summed E-state index contributed by atoms with van der Waals surface area (Å²) in [5.74, 6) is 1.86. The molecule has 2 aromatic carbocycles. The molecule has 0 aromatic heterocycles. The summed E-state index contributed by atoms with van der Waals surface area (Å²) in [6.07, 6.45) is 2.59. The fourth-order valence-electron chi connectivity index (χ4n) is 3.63. The van der Waals surface area contributed by atoms with Crippen molar-refractivity contribution >= 4 is 5.91 Å². The second kappa shape index (κ2) is 8.01. The van der Waals surface area contributed by atoms with Crippen LogP contribution in [0, 0.1) is 5.92 Å². The number of hydrogen-bond donors (Lipinski definition) is 1. The van der Waals surface area contributed by atoms with Crippen LogP contribution in [0.1, 0.15) is 41.3 Å². The van der Waals surface area contributed by atoms with Gasteiger partial charge in [-0.1, -0.05) is 37.3 Å². The number of rotatable bonds is 5. The second-order valence-electron chi connectivity index (χ2n) is 7.50. The number of hydrogen-bond acceptors (Lipinski definition) is 4. The Balaban J connectivity index is 1.31. The minimum Gasteiger partial charge on any atom is -0.454 e. The van der Waals surface area contributed by atoms with E-state index in [9.17, 15) is 4.79 Å². The van der Waals surface area contributed by atoms with Crippen LogP contribution in [-0.4, -0.2) is 30.7 Å². The van der Waals surface area contributed by atoms with Gasteiger partial charge in [-0.05, 0) is 55.1 Å². The molecule has 0 unspecified atom stereocenters. The van der Waals surface area contributed by atoms with Crippen LogP contribution < -0.4 is 14.8 Å². The van der Waals surface area contributed by atoms with Gasteiger partial charge in [0.25, 0.3) is 5.91 Å². The van der Waals surface area contributed by atoms with Gasteiger partial charge in [-0.25, -0.2) is 0 Å². The number of fused-ring (bicyclic) bond motifs is 1. The first kappa shape index (κ1) is 17.9. The maximum absolute atomic E-state index is 12.5. The predicted molar refractivity (Wildman–Crippen MR) is 104 cm³/mol. The number of carbonyl (C=O) groups excluding carboxylic acids is 1. The molecule has 5 nitrogen and oxygen atoms in total. The Labute approximate surface area is 160 Å². The lowest BCUT2D eigenvalue weighted by atomic mass is 9.99. The standard InChI is InChI=1S/C22H26N2O3/c1-16-9-11-24(12-10-16)14-18-7-5-17(6-8-18)13-23-22(25)19-3-2-4-20-21(19)27-15-26-20/h2-8,16H,9-15H2,1H3,(H,23,25). The normalized spacial score (nSPS) is 17.1. The van der Waals surface area contributed by atoms with Crippen LogP contribution in [0.2, 0.25) is 0 Å². The minimum absolute atomic E-state index is 0.149. The number of nitrogens with zero attached hydrogens (tertiary/aromatic N) is 1. The molecule has 2 heterocycles. The Morgan fingerprint density at radius 2 is 1.81 bits per heavy atom. The van der Waals surface area contributed by atoms with Crippen LogP contribution >= 0.6 is 0 Å². The summed E-state index contributed by atoms with van der Waals surface area (Å²) >= 11 is 0. The average molecular weight is 366 g/mol. The van der Waals surface area contributed by atoms with E-state index in [2.05, 4.69) is 41.4 Å². The number of carbonyl (C=O) groups is 1. The van der Waals surface area contributed by atoms with Gasteiger partial charge in [0.15, 0.2) is 11.5 Å². The molecule has 0 atom stereocenters. The molecule has 0 radical (unpaired) electrons. The molecule has 1 amide bonds. The van der Waals surface area contributed by atoms with Gasteiger partial charge in [0, 0.05) is 13.1 Å². The molecule has 27 heavy (non-hydrogen) atoms. The van der Waals surface area contributed by atoms with Crippen molar-refractivity contribution in [3.05, 3.63) is 59.2 Å². The smallest absolute Gasteiger partial charge is 0.255 e. The highest BCUT2D eigenvalue weighted by molar-refractivity contribution is 5.97. The monoisotopic (exact) mass is 366 g/mol. The second-order valence-corrected chi connectivity index (χ2v) is 7.50. The Bertz CT molecular complexity index is 796. The van der Waals surface area contributed by atoms with Crippen molar-refractivity contribution in [3.8, 4) is 11.5 Å². The van der Waals surface area contributed by atoms with E-state index in [1.165, 1.54) is 31.5 Å². The van der Waals surface area contributed by atoms with E-state index in [0.717, 1.165) is 18.0 Å². The van der Waals surface area contributed by atoms with Gasteiger partial charge in [-0.3, -0.25) is 9.69 Å². The molecule has 1 saturated heterocycles. The molecule has 0 bridgehead atoms. The van der Waals surface area contributed by atoms with E-state index >= 15 is 0 Å². The van der Waals surface area contributed by atoms with E-state index in [1.54, 1.807) is 18.2 Å². The molecule has 2 aliphatic rings. The summed E-state index contributed by atoms with van der Waals surface area (Å²) in [7, 11) is 0. The zero-order valence-corrected chi connectivity index (χ0v) is 15.7. The van der Waals surface area contributed by atoms with Gasteiger partial charge in [-0.2, -0.15) is 0 Å². The predicted octanol–water partition coefficient (Wildman–Crippen LogP) is 3.58. The summed E-state index contributed by atoms with van der Waals surface area (Å²) in [6.45, 7) is 6.37. The molecular formula is C22H26N2O3. The van der Waals surface area contributed by atoms with E-state index in [-0.39, 0.29) is 12.7 Å². The number of piperidine rings is 1. The van der Waals surface area contributed by atoms with Gasteiger partial charge >= 0.3 is 0 Å². The molecule has 2 aliphatic heterocycles. The third-order valence-corrected chi connectivity index (χ3v) is 5.40. The Kier molecular flexibility index (Phi) is 5.30. The van der Waals surface area contributed by atoms with Crippen LogP contribution in [0.15, 0.2) is 42.5 Å². The highest BCUT2D eigenvalue weighted by atomic mass is 16.7. The molecular weight excluding hydrogens is 340 g/mol. The molecule has 5 heteroatoms. The van der Waals surface area contributed by atoms with Crippen LogP contribution in [0.5, 0.6) is 11.5 Å². The summed E-state index contributed by atoms with van der Waals surface area (Å²) in [4.78, 5) is 15.0. The lowest BCUT2D eigenvalue weighted by Gasteiger charge is -2.30. The van der Waals surface area contributed by atoms with Crippen molar-refractivity contribution in [2.45, 2.75) is 32.9 Å². The number of nitrogens with one attached hydrogen (secondary N) is 1. The van der Waals surface area contributed by atoms with Gasteiger partial charge in [0.05, 0.1) is 5.56 Å². The van der Waals surface area contributed by atoms with Crippen LogP contribution in [0.3, 0.4) is 0 Å². The molecule has 0 aliphatic carbocycles. The molecule has 4 rings (SSSR count). The molecule has 0 spiro atoms. The topological polar surface area (TPSA) is 50.8 Å². The fraction of sp³-hybridized carbons (Fsp3) is 0.409. The first-order valence-electron chi connectivity index (χ1n) is 9.66. The maximum Gasteiger partial charge on any atom is 0.255 e. The summed E-state index contributed by atoms with van der Waals surface area (Å²) < 4.78 is 10.7. The van der Waals surface area contributed by atoms with Crippen LogP contribution in [0.25, 0.3) is 0 Å². The first-order chi connectivity index (χ1) is 13.2. The lowest BCUT2D eigenvalue weighted by molar-refractivity contribution is 0.0946. The number of ether oxygens (including phenoxy) is 2. The number of likely N-dealkylation sites (tertiary alicyclic amines) is 1. The molecule has 2 aromatic rings. The quantitative estimate of drug-likeness (QED) is 0.879. The molecule has 0 saturated carbocycles.